The second-order valence-electron chi connectivity index (χ2n) is 2.60. The molecule has 0 atom stereocenters. The number of thiophene rings is 1. The van der Waals surface area contributed by atoms with Crippen LogP contribution in [0, 0.1) is 6.92 Å². The van der Waals surface area contributed by atoms with E-state index in [1.165, 1.54) is 10.4 Å². The van der Waals surface area contributed by atoms with Crippen molar-refractivity contribution in [2.75, 3.05) is 12.4 Å². The van der Waals surface area contributed by atoms with E-state index >= 15 is 0 Å². The molecule has 0 unspecified atom stereocenters. The number of aryl methyl sites for hydroxylation is 1. The van der Waals surface area contributed by atoms with Crippen molar-refractivity contribution in [2.24, 2.45) is 0 Å². The molecule has 1 N–H and O–H groups in total. The van der Waals surface area contributed by atoms with Gasteiger partial charge in [-0.2, -0.15) is 0 Å². The summed E-state index contributed by atoms with van der Waals surface area (Å²) >= 11 is 3.29. The molecule has 0 amide bonds. The molecule has 2 aromatic rings. The monoisotopic (exact) mass is 211 g/mol. The van der Waals surface area contributed by atoms with E-state index in [0.717, 1.165) is 10.1 Å². The number of nitrogens with zero attached hydrogens (tertiary/aromatic N) is 2. The van der Waals surface area contributed by atoms with E-state index in [1.807, 2.05) is 7.05 Å². The summed E-state index contributed by atoms with van der Waals surface area (Å²) in [6.07, 6.45) is 0. The summed E-state index contributed by atoms with van der Waals surface area (Å²) in [7, 11) is 1.85. The van der Waals surface area contributed by atoms with E-state index in [2.05, 4.69) is 33.9 Å². The van der Waals surface area contributed by atoms with Crippen molar-refractivity contribution < 1.29 is 0 Å². The normalized spacial score (nSPS) is 10.3. The minimum Gasteiger partial charge on any atom is -0.363 e. The van der Waals surface area contributed by atoms with Gasteiger partial charge in [-0.1, -0.05) is 11.3 Å². The molecule has 0 aromatic carbocycles. The number of hydrogen-bond acceptors (Lipinski definition) is 5. The van der Waals surface area contributed by atoms with Crippen LogP contribution in [0.5, 0.6) is 0 Å². The Bertz CT molecular complexity index is 405. The average molecular weight is 211 g/mol. The minimum atomic E-state index is 0.864. The average Bonchev–Trinajstić information content (AvgIpc) is 2.71. The van der Waals surface area contributed by atoms with E-state index in [-0.39, 0.29) is 0 Å². The summed E-state index contributed by atoms with van der Waals surface area (Å²) in [5, 5.41) is 15.0. The van der Waals surface area contributed by atoms with Crippen LogP contribution in [0.2, 0.25) is 0 Å². The molecule has 0 saturated heterocycles. The molecular weight excluding hydrogens is 202 g/mol. The van der Waals surface area contributed by atoms with Crippen LogP contribution in [0.25, 0.3) is 9.88 Å². The van der Waals surface area contributed by atoms with E-state index in [0.29, 0.717) is 0 Å². The summed E-state index contributed by atoms with van der Waals surface area (Å²) in [4.78, 5) is 1.22. The first kappa shape index (κ1) is 8.65. The van der Waals surface area contributed by atoms with Crippen LogP contribution in [0.15, 0.2) is 11.4 Å². The van der Waals surface area contributed by atoms with Crippen LogP contribution in [0.4, 0.5) is 5.13 Å². The zero-order valence-corrected chi connectivity index (χ0v) is 9.00. The van der Waals surface area contributed by atoms with Crippen molar-refractivity contribution >= 4 is 27.8 Å². The zero-order valence-electron chi connectivity index (χ0n) is 7.37. The number of anilines is 1. The predicted molar refractivity (Wildman–Crippen MR) is 57.5 cm³/mol. The molecule has 2 rings (SSSR count). The Morgan fingerprint density at radius 1 is 1.38 bits per heavy atom. The van der Waals surface area contributed by atoms with Crippen LogP contribution in [-0.2, 0) is 0 Å². The van der Waals surface area contributed by atoms with E-state index in [4.69, 9.17) is 0 Å². The molecule has 2 aromatic heterocycles. The smallest absolute Gasteiger partial charge is 0.205 e. The highest BCUT2D eigenvalue weighted by molar-refractivity contribution is 7.23. The molecule has 0 saturated carbocycles. The van der Waals surface area contributed by atoms with Crippen molar-refractivity contribution in [1.29, 1.82) is 0 Å². The summed E-state index contributed by atoms with van der Waals surface area (Å²) < 4.78 is 0. The number of hydrogen-bond donors (Lipinski definition) is 1. The molecule has 0 spiro atoms. The van der Waals surface area contributed by atoms with E-state index < -0.39 is 0 Å². The number of rotatable bonds is 2. The van der Waals surface area contributed by atoms with Crippen LogP contribution in [0.1, 0.15) is 5.56 Å². The number of aromatic nitrogens is 2. The van der Waals surface area contributed by atoms with Crippen molar-refractivity contribution in [1.82, 2.24) is 10.2 Å². The van der Waals surface area contributed by atoms with Gasteiger partial charge in [0.15, 0.2) is 5.01 Å². The maximum atomic E-state index is 4.11. The highest BCUT2D eigenvalue weighted by Crippen LogP contribution is 2.32. The van der Waals surface area contributed by atoms with Crippen LogP contribution >= 0.6 is 22.7 Å². The van der Waals surface area contributed by atoms with Crippen LogP contribution in [-0.4, -0.2) is 17.2 Å². The molecule has 0 aliphatic carbocycles. The molecule has 0 aliphatic heterocycles. The highest BCUT2D eigenvalue weighted by atomic mass is 32.1. The highest BCUT2D eigenvalue weighted by Gasteiger charge is 2.08. The van der Waals surface area contributed by atoms with Crippen molar-refractivity contribution in [3.63, 3.8) is 0 Å². The Balaban J connectivity index is 2.41. The van der Waals surface area contributed by atoms with Gasteiger partial charge in [-0.05, 0) is 23.9 Å². The lowest BCUT2D eigenvalue weighted by Crippen LogP contribution is -1.84. The molecule has 0 bridgehead atoms. The van der Waals surface area contributed by atoms with Crippen molar-refractivity contribution in [2.45, 2.75) is 6.92 Å². The van der Waals surface area contributed by atoms with Gasteiger partial charge in [0.1, 0.15) is 0 Å². The molecule has 0 fully saturated rings. The fourth-order valence-corrected chi connectivity index (χ4v) is 2.78. The Morgan fingerprint density at radius 3 is 2.77 bits per heavy atom. The fourth-order valence-electron chi connectivity index (χ4n) is 1.01. The second-order valence-corrected chi connectivity index (χ2v) is 4.49. The van der Waals surface area contributed by atoms with Gasteiger partial charge in [-0.15, -0.1) is 21.5 Å². The molecular formula is C8H9N3S2. The third kappa shape index (κ3) is 1.57. The molecule has 0 aliphatic rings. The Kier molecular flexibility index (Phi) is 2.28. The first-order valence-electron chi connectivity index (χ1n) is 3.87. The molecule has 2 heterocycles. The third-order valence-electron chi connectivity index (χ3n) is 1.70. The standard InChI is InChI=1S/C8H9N3S2/c1-5-3-4-12-6(5)7-10-11-8(9-2)13-7/h3-4H,1-2H3,(H,9,11). The molecule has 13 heavy (non-hydrogen) atoms. The van der Waals surface area contributed by atoms with Gasteiger partial charge < -0.3 is 5.32 Å². The SMILES string of the molecule is CNc1nnc(-c2sccc2C)s1. The minimum absolute atomic E-state index is 0.864. The molecule has 5 heteroatoms. The quantitative estimate of drug-likeness (QED) is 0.829. The molecule has 68 valence electrons. The maximum absolute atomic E-state index is 4.11. The molecule has 0 radical (unpaired) electrons. The van der Waals surface area contributed by atoms with Gasteiger partial charge in [-0.3, -0.25) is 0 Å². The zero-order chi connectivity index (χ0) is 9.26. The van der Waals surface area contributed by atoms with Crippen molar-refractivity contribution in [3.05, 3.63) is 17.0 Å². The second kappa shape index (κ2) is 3.43. The van der Waals surface area contributed by atoms with Gasteiger partial charge in [0.05, 0.1) is 4.88 Å². The largest absolute Gasteiger partial charge is 0.363 e. The van der Waals surface area contributed by atoms with Crippen LogP contribution in [0.3, 0.4) is 0 Å². The topological polar surface area (TPSA) is 37.8 Å². The van der Waals surface area contributed by atoms with Crippen LogP contribution < -0.4 is 5.32 Å². The summed E-state index contributed by atoms with van der Waals surface area (Å²) in [5.41, 5.74) is 1.27. The summed E-state index contributed by atoms with van der Waals surface area (Å²) in [6, 6.07) is 2.10. The number of nitrogens with one attached hydrogen (secondary N) is 1. The first-order chi connectivity index (χ1) is 6.31. The fraction of sp³-hybridized carbons (Fsp3) is 0.250. The predicted octanol–water partition coefficient (Wildman–Crippen LogP) is 2.62. The lowest BCUT2D eigenvalue weighted by atomic mass is 10.3. The Hall–Kier alpha value is -0.940. The molecule has 3 nitrogen and oxygen atoms in total. The van der Waals surface area contributed by atoms with Gasteiger partial charge >= 0.3 is 0 Å². The Labute approximate surface area is 84.5 Å². The lowest BCUT2D eigenvalue weighted by Gasteiger charge is -1.89. The van der Waals surface area contributed by atoms with Crippen molar-refractivity contribution in [3.8, 4) is 9.88 Å². The third-order valence-corrected chi connectivity index (χ3v) is 3.81. The first-order valence-corrected chi connectivity index (χ1v) is 5.56. The van der Waals surface area contributed by atoms with E-state index in [9.17, 15) is 0 Å². The van der Waals surface area contributed by atoms with Gasteiger partial charge in [-0.25, -0.2) is 0 Å². The van der Waals surface area contributed by atoms with Gasteiger partial charge in [0.25, 0.3) is 0 Å². The summed E-state index contributed by atoms with van der Waals surface area (Å²) in [6.45, 7) is 2.09. The maximum Gasteiger partial charge on any atom is 0.205 e. The van der Waals surface area contributed by atoms with Gasteiger partial charge in [0, 0.05) is 7.05 Å². The summed E-state index contributed by atoms with van der Waals surface area (Å²) in [5.74, 6) is 0. The van der Waals surface area contributed by atoms with E-state index in [1.54, 1.807) is 22.7 Å². The lowest BCUT2D eigenvalue weighted by molar-refractivity contribution is 1.09. The van der Waals surface area contributed by atoms with Gasteiger partial charge in [0.2, 0.25) is 5.13 Å². The Morgan fingerprint density at radius 2 is 2.23 bits per heavy atom.